The first-order valence-corrected chi connectivity index (χ1v) is 12.2. The van der Waals surface area contributed by atoms with Crippen molar-refractivity contribution < 1.29 is 23.8 Å². The van der Waals surface area contributed by atoms with E-state index in [2.05, 4.69) is 10.6 Å². The number of anilines is 2. The van der Waals surface area contributed by atoms with Crippen molar-refractivity contribution in [2.75, 3.05) is 24.9 Å². The third kappa shape index (κ3) is 7.84. The lowest BCUT2D eigenvalue weighted by atomic mass is 10.2. The molecule has 7 nitrogen and oxygen atoms in total. The summed E-state index contributed by atoms with van der Waals surface area (Å²) >= 11 is 0. The molecular formula is C32H28N2O5. The van der Waals surface area contributed by atoms with Gasteiger partial charge in [-0.05, 0) is 72.8 Å². The van der Waals surface area contributed by atoms with E-state index in [9.17, 15) is 9.59 Å². The largest absolute Gasteiger partial charge is 0.496 e. The maximum Gasteiger partial charge on any atom is 0.248 e. The standard InChI is InChI=1S/C32H28N2O5/c1-37-29-9-5-3-7-23(29)11-21-31(35)33-25-13-17-27(18-14-25)39-28-19-15-26(16-20-28)34-32(36)22-12-24-8-4-6-10-30(24)38-2/h3-22H,1-2H3,(H,33,35)(H,34,36)/b21-11+,22-12+. The molecule has 196 valence electrons. The summed E-state index contributed by atoms with van der Waals surface area (Å²) in [6.07, 6.45) is 6.32. The van der Waals surface area contributed by atoms with E-state index in [1.54, 1.807) is 74.9 Å². The number of ether oxygens (including phenoxy) is 3. The van der Waals surface area contributed by atoms with Crippen LogP contribution in [0.1, 0.15) is 11.1 Å². The minimum atomic E-state index is -0.259. The van der Waals surface area contributed by atoms with Gasteiger partial charge in [-0.2, -0.15) is 0 Å². The fourth-order valence-corrected chi connectivity index (χ4v) is 3.66. The fourth-order valence-electron chi connectivity index (χ4n) is 3.66. The summed E-state index contributed by atoms with van der Waals surface area (Å²) in [5, 5.41) is 5.64. The average molecular weight is 521 g/mol. The number of rotatable bonds is 10. The highest BCUT2D eigenvalue weighted by Gasteiger charge is 2.04. The van der Waals surface area contributed by atoms with Crippen molar-refractivity contribution in [1.29, 1.82) is 0 Å². The summed E-state index contributed by atoms with van der Waals surface area (Å²) in [4.78, 5) is 24.6. The van der Waals surface area contributed by atoms with Crippen LogP contribution in [0.5, 0.6) is 23.0 Å². The van der Waals surface area contributed by atoms with Crippen LogP contribution in [0.15, 0.2) is 109 Å². The molecule has 7 heteroatoms. The summed E-state index contributed by atoms with van der Waals surface area (Å²) in [6.45, 7) is 0. The summed E-state index contributed by atoms with van der Waals surface area (Å²) in [6, 6.07) is 29.0. The van der Waals surface area contributed by atoms with Gasteiger partial charge in [-0.1, -0.05) is 36.4 Å². The van der Waals surface area contributed by atoms with E-state index in [4.69, 9.17) is 14.2 Å². The second-order valence-electron chi connectivity index (χ2n) is 8.28. The Balaban J connectivity index is 1.28. The Morgan fingerprint density at radius 1 is 0.564 bits per heavy atom. The fraction of sp³-hybridized carbons (Fsp3) is 0.0625. The molecule has 0 saturated carbocycles. The van der Waals surface area contributed by atoms with Gasteiger partial charge in [-0.15, -0.1) is 0 Å². The van der Waals surface area contributed by atoms with Gasteiger partial charge < -0.3 is 24.8 Å². The zero-order chi connectivity index (χ0) is 27.5. The van der Waals surface area contributed by atoms with Crippen molar-refractivity contribution in [3.63, 3.8) is 0 Å². The van der Waals surface area contributed by atoms with Crippen molar-refractivity contribution in [3.05, 3.63) is 120 Å². The molecule has 0 aromatic heterocycles. The third-order valence-electron chi connectivity index (χ3n) is 5.59. The molecule has 0 unspecified atom stereocenters. The van der Waals surface area contributed by atoms with Gasteiger partial charge in [-0.25, -0.2) is 0 Å². The molecule has 2 amide bonds. The highest BCUT2D eigenvalue weighted by molar-refractivity contribution is 6.02. The quantitative estimate of drug-likeness (QED) is 0.225. The van der Waals surface area contributed by atoms with Crippen molar-refractivity contribution >= 4 is 35.3 Å². The number of para-hydroxylation sites is 2. The van der Waals surface area contributed by atoms with Crippen LogP contribution in [0.4, 0.5) is 11.4 Å². The summed E-state index contributed by atoms with van der Waals surface area (Å²) in [5.41, 5.74) is 2.90. The van der Waals surface area contributed by atoms with E-state index >= 15 is 0 Å². The zero-order valence-electron chi connectivity index (χ0n) is 21.6. The average Bonchev–Trinajstić information content (AvgIpc) is 2.97. The number of benzene rings is 4. The Morgan fingerprint density at radius 3 is 1.33 bits per heavy atom. The molecule has 0 bridgehead atoms. The van der Waals surface area contributed by atoms with Crippen LogP contribution in [-0.2, 0) is 9.59 Å². The van der Waals surface area contributed by atoms with Gasteiger partial charge in [0.2, 0.25) is 11.8 Å². The molecule has 4 aromatic carbocycles. The minimum Gasteiger partial charge on any atom is -0.496 e. The van der Waals surface area contributed by atoms with E-state index in [-0.39, 0.29) is 11.8 Å². The number of carbonyl (C=O) groups is 2. The smallest absolute Gasteiger partial charge is 0.248 e. The second kappa shape index (κ2) is 13.3. The maximum absolute atomic E-state index is 12.3. The molecule has 0 aliphatic heterocycles. The second-order valence-corrected chi connectivity index (χ2v) is 8.28. The van der Waals surface area contributed by atoms with Gasteiger partial charge in [0.1, 0.15) is 23.0 Å². The minimum absolute atomic E-state index is 0.259. The first kappa shape index (κ1) is 26.8. The van der Waals surface area contributed by atoms with Gasteiger partial charge >= 0.3 is 0 Å². The van der Waals surface area contributed by atoms with E-state index < -0.39 is 0 Å². The lowest BCUT2D eigenvalue weighted by molar-refractivity contribution is -0.112. The number of methoxy groups -OCH3 is 2. The van der Waals surface area contributed by atoms with E-state index in [1.807, 2.05) is 48.5 Å². The van der Waals surface area contributed by atoms with Crippen LogP contribution in [-0.4, -0.2) is 26.0 Å². The van der Waals surface area contributed by atoms with Gasteiger partial charge in [0.05, 0.1) is 14.2 Å². The lowest BCUT2D eigenvalue weighted by Crippen LogP contribution is -2.07. The lowest BCUT2D eigenvalue weighted by Gasteiger charge is -2.09. The summed E-state index contributed by atoms with van der Waals surface area (Å²) < 4.78 is 16.5. The SMILES string of the molecule is COc1ccccc1/C=C/C(=O)Nc1ccc(Oc2ccc(NC(=O)/C=C/c3ccccc3OC)cc2)cc1. The van der Waals surface area contributed by atoms with Gasteiger partial charge in [0.25, 0.3) is 0 Å². The zero-order valence-corrected chi connectivity index (χ0v) is 21.6. The molecule has 4 aromatic rings. The Kier molecular flexibility index (Phi) is 9.13. The van der Waals surface area contributed by atoms with Crippen LogP contribution < -0.4 is 24.8 Å². The Hall–Kier alpha value is -5.30. The highest BCUT2D eigenvalue weighted by atomic mass is 16.5. The van der Waals surface area contributed by atoms with Gasteiger partial charge in [0, 0.05) is 34.7 Å². The van der Waals surface area contributed by atoms with Crippen LogP contribution in [0.3, 0.4) is 0 Å². The van der Waals surface area contributed by atoms with Crippen LogP contribution in [0.2, 0.25) is 0 Å². The number of amides is 2. The summed E-state index contributed by atoms with van der Waals surface area (Å²) in [5.74, 6) is 2.08. The molecule has 0 aliphatic rings. The number of hydrogen-bond donors (Lipinski definition) is 2. The molecule has 39 heavy (non-hydrogen) atoms. The predicted octanol–water partition coefficient (Wildman–Crippen LogP) is 6.80. The Bertz CT molecular complexity index is 1360. The summed E-state index contributed by atoms with van der Waals surface area (Å²) in [7, 11) is 3.18. The van der Waals surface area contributed by atoms with Gasteiger partial charge in [0.15, 0.2) is 0 Å². The number of hydrogen-bond acceptors (Lipinski definition) is 5. The topological polar surface area (TPSA) is 85.9 Å². The normalized spacial score (nSPS) is 10.8. The molecule has 0 atom stereocenters. The monoisotopic (exact) mass is 520 g/mol. The Labute approximate surface area is 227 Å². The van der Waals surface area contributed by atoms with E-state index in [1.165, 1.54) is 12.2 Å². The third-order valence-corrected chi connectivity index (χ3v) is 5.59. The Morgan fingerprint density at radius 2 is 0.949 bits per heavy atom. The molecule has 0 heterocycles. The molecule has 2 N–H and O–H groups in total. The van der Waals surface area contributed by atoms with Crippen molar-refractivity contribution in [1.82, 2.24) is 0 Å². The molecule has 0 radical (unpaired) electrons. The van der Waals surface area contributed by atoms with E-state index in [0.29, 0.717) is 34.4 Å². The first-order chi connectivity index (χ1) is 19.0. The van der Waals surface area contributed by atoms with Crippen LogP contribution in [0, 0.1) is 0 Å². The van der Waals surface area contributed by atoms with Crippen LogP contribution in [0.25, 0.3) is 12.2 Å². The molecular weight excluding hydrogens is 492 g/mol. The first-order valence-electron chi connectivity index (χ1n) is 12.2. The number of carbonyl (C=O) groups excluding carboxylic acids is 2. The molecule has 0 saturated heterocycles. The van der Waals surface area contributed by atoms with Crippen molar-refractivity contribution in [3.8, 4) is 23.0 Å². The van der Waals surface area contributed by atoms with E-state index in [0.717, 1.165) is 11.1 Å². The molecule has 0 fully saturated rings. The predicted molar refractivity (Wildman–Crippen MR) is 154 cm³/mol. The van der Waals surface area contributed by atoms with Gasteiger partial charge in [-0.3, -0.25) is 9.59 Å². The van der Waals surface area contributed by atoms with Crippen molar-refractivity contribution in [2.45, 2.75) is 0 Å². The molecule has 0 aliphatic carbocycles. The maximum atomic E-state index is 12.3. The van der Waals surface area contributed by atoms with Crippen LogP contribution >= 0.6 is 0 Å². The highest BCUT2D eigenvalue weighted by Crippen LogP contribution is 2.25. The number of nitrogens with one attached hydrogen (secondary N) is 2. The molecule has 4 rings (SSSR count). The van der Waals surface area contributed by atoms with Crippen molar-refractivity contribution in [2.24, 2.45) is 0 Å². The molecule has 0 spiro atoms.